The molecule has 2 N–H and O–H groups in total. The van der Waals surface area contributed by atoms with Crippen LogP contribution in [0, 0.1) is 0 Å². The number of carbonyl (C=O) groups excluding carboxylic acids is 2. The zero-order valence-corrected chi connectivity index (χ0v) is 13.9. The number of carbonyl (C=O) groups is 2. The Morgan fingerprint density at radius 3 is 2.80 bits per heavy atom. The van der Waals surface area contributed by atoms with Crippen LogP contribution in [0.25, 0.3) is 0 Å². The van der Waals surface area contributed by atoms with Crippen molar-refractivity contribution in [1.82, 2.24) is 20.2 Å². The topological polar surface area (TPSA) is 87.2 Å². The molecule has 0 spiro atoms. The first-order valence-corrected chi connectivity index (χ1v) is 8.42. The predicted molar refractivity (Wildman–Crippen MR) is 94.5 cm³/mol. The van der Waals surface area contributed by atoms with Crippen LogP contribution in [0.2, 0.25) is 0 Å². The number of amides is 2. The van der Waals surface area contributed by atoms with E-state index in [2.05, 4.69) is 20.6 Å². The molecule has 0 aromatic carbocycles. The SMILES string of the molecule is O=C(NCCCN1CCCC1=O)c1cccc(Nc2ccncc2)n1. The first kappa shape index (κ1) is 16.9. The van der Waals surface area contributed by atoms with Crippen molar-refractivity contribution in [2.45, 2.75) is 19.3 Å². The largest absolute Gasteiger partial charge is 0.351 e. The minimum absolute atomic E-state index is 0.211. The van der Waals surface area contributed by atoms with Crippen LogP contribution in [0.4, 0.5) is 11.5 Å². The van der Waals surface area contributed by atoms with Crippen molar-refractivity contribution in [3.05, 3.63) is 48.4 Å². The minimum atomic E-state index is -0.217. The number of rotatable bonds is 7. The van der Waals surface area contributed by atoms with Gasteiger partial charge in [-0.2, -0.15) is 0 Å². The summed E-state index contributed by atoms with van der Waals surface area (Å²) < 4.78 is 0. The Morgan fingerprint density at radius 2 is 2.04 bits per heavy atom. The molecule has 0 radical (unpaired) electrons. The summed E-state index contributed by atoms with van der Waals surface area (Å²) in [6.07, 6.45) is 5.69. The summed E-state index contributed by atoms with van der Waals surface area (Å²) in [4.78, 5) is 33.9. The van der Waals surface area contributed by atoms with Gasteiger partial charge in [-0.05, 0) is 37.1 Å². The third-order valence-corrected chi connectivity index (χ3v) is 4.00. The Kier molecular flexibility index (Phi) is 5.56. The van der Waals surface area contributed by atoms with E-state index in [0.29, 0.717) is 31.0 Å². The number of nitrogens with one attached hydrogen (secondary N) is 2. The number of aromatic nitrogens is 2. The Balaban J connectivity index is 1.48. The third kappa shape index (κ3) is 4.76. The highest BCUT2D eigenvalue weighted by Gasteiger charge is 2.19. The lowest BCUT2D eigenvalue weighted by Crippen LogP contribution is -2.31. The van der Waals surface area contributed by atoms with Crippen LogP contribution in [-0.2, 0) is 4.79 Å². The first-order valence-electron chi connectivity index (χ1n) is 8.42. The molecule has 0 aliphatic carbocycles. The molecule has 3 heterocycles. The molecule has 2 aromatic heterocycles. The van der Waals surface area contributed by atoms with Crippen LogP contribution >= 0.6 is 0 Å². The lowest BCUT2D eigenvalue weighted by Gasteiger charge is -2.15. The summed E-state index contributed by atoms with van der Waals surface area (Å²) >= 11 is 0. The fourth-order valence-corrected chi connectivity index (χ4v) is 2.72. The van der Waals surface area contributed by atoms with Crippen molar-refractivity contribution >= 4 is 23.3 Å². The Bertz CT molecular complexity index is 735. The number of hydrogen-bond acceptors (Lipinski definition) is 5. The zero-order valence-electron chi connectivity index (χ0n) is 13.9. The highest BCUT2D eigenvalue weighted by atomic mass is 16.2. The fraction of sp³-hybridized carbons (Fsp3) is 0.333. The van der Waals surface area contributed by atoms with Gasteiger partial charge in [0, 0.05) is 44.1 Å². The van der Waals surface area contributed by atoms with Crippen molar-refractivity contribution < 1.29 is 9.59 Å². The van der Waals surface area contributed by atoms with Crippen molar-refractivity contribution in [2.24, 2.45) is 0 Å². The molecule has 0 bridgehead atoms. The maximum atomic E-state index is 12.2. The van der Waals surface area contributed by atoms with E-state index in [4.69, 9.17) is 0 Å². The number of hydrogen-bond donors (Lipinski definition) is 2. The molecule has 1 saturated heterocycles. The van der Waals surface area contributed by atoms with Gasteiger partial charge in [0.25, 0.3) is 5.91 Å². The molecule has 0 atom stereocenters. The summed E-state index contributed by atoms with van der Waals surface area (Å²) in [5.74, 6) is 0.593. The molecule has 3 rings (SSSR count). The smallest absolute Gasteiger partial charge is 0.269 e. The molecular weight excluding hydrogens is 318 g/mol. The molecule has 0 saturated carbocycles. The number of nitrogens with zero attached hydrogens (tertiary/aromatic N) is 3. The van der Waals surface area contributed by atoms with Crippen molar-refractivity contribution in [3.8, 4) is 0 Å². The van der Waals surface area contributed by atoms with Crippen LogP contribution in [0.15, 0.2) is 42.7 Å². The molecule has 7 nitrogen and oxygen atoms in total. The molecule has 1 fully saturated rings. The van der Waals surface area contributed by atoms with Gasteiger partial charge in [0.1, 0.15) is 11.5 Å². The zero-order chi connectivity index (χ0) is 17.5. The number of likely N-dealkylation sites (tertiary alicyclic amines) is 1. The van der Waals surface area contributed by atoms with E-state index in [1.54, 1.807) is 30.6 Å². The van der Waals surface area contributed by atoms with Gasteiger partial charge < -0.3 is 15.5 Å². The summed E-state index contributed by atoms with van der Waals surface area (Å²) in [6.45, 7) is 2.04. The highest BCUT2D eigenvalue weighted by Crippen LogP contribution is 2.13. The van der Waals surface area contributed by atoms with Crippen LogP contribution in [0.1, 0.15) is 29.8 Å². The van der Waals surface area contributed by atoms with Gasteiger partial charge in [-0.1, -0.05) is 6.07 Å². The van der Waals surface area contributed by atoms with Crippen molar-refractivity contribution in [2.75, 3.05) is 25.0 Å². The van der Waals surface area contributed by atoms with E-state index in [1.165, 1.54) is 0 Å². The van der Waals surface area contributed by atoms with Crippen LogP contribution in [0.3, 0.4) is 0 Å². The van der Waals surface area contributed by atoms with Crippen molar-refractivity contribution in [3.63, 3.8) is 0 Å². The van der Waals surface area contributed by atoms with E-state index >= 15 is 0 Å². The van der Waals surface area contributed by atoms with Crippen LogP contribution in [-0.4, -0.2) is 46.3 Å². The summed E-state index contributed by atoms with van der Waals surface area (Å²) in [5.41, 5.74) is 1.21. The van der Waals surface area contributed by atoms with Crippen LogP contribution in [0.5, 0.6) is 0 Å². The van der Waals surface area contributed by atoms with Gasteiger partial charge in [-0.15, -0.1) is 0 Å². The first-order chi connectivity index (χ1) is 12.2. The second-order valence-electron chi connectivity index (χ2n) is 5.86. The quantitative estimate of drug-likeness (QED) is 0.753. The van der Waals surface area contributed by atoms with Gasteiger partial charge in [0.05, 0.1) is 0 Å². The lowest BCUT2D eigenvalue weighted by molar-refractivity contribution is -0.127. The molecule has 0 unspecified atom stereocenters. The summed E-state index contributed by atoms with van der Waals surface area (Å²) in [5, 5.41) is 5.98. The van der Waals surface area contributed by atoms with Gasteiger partial charge in [0.2, 0.25) is 5.91 Å². The number of anilines is 2. The average Bonchev–Trinajstić information content (AvgIpc) is 3.04. The fourth-order valence-electron chi connectivity index (χ4n) is 2.72. The summed E-state index contributed by atoms with van der Waals surface area (Å²) in [7, 11) is 0. The molecule has 7 heteroatoms. The maximum Gasteiger partial charge on any atom is 0.269 e. The van der Waals surface area contributed by atoms with Gasteiger partial charge >= 0.3 is 0 Å². The Labute approximate surface area is 146 Å². The van der Waals surface area contributed by atoms with E-state index < -0.39 is 0 Å². The van der Waals surface area contributed by atoms with Gasteiger partial charge in [-0.25, -0.2) is 4.98 Å². The second-order valence-corrected chi connectivity index (χ2v) is 5.86. The molecule has 1 aliphatic heterocycles. The van der Waals surface area contributed by atoms with E-state index in [1.807, 2.05) is 17.0 Å². The Hall–Kier alpha value is -2.96. The van der Waals surface area contributed by atoms with Crippen molar-refractivity contribution in [1.29, 1.82) is 0 Å². The number of pyridine rings is 2. The van der Waals surface area contributed by atoms with Crippen LogP contribution < -0.4 is 10.6 Å². The monoisotopic (exact) mass is 339 g/mol. The summed E-state index contributed by atoms with van der Waals surface area (Å²) in [6, 6.07) is 8.92. The molecular formula is C18H21N5O2. The molecule has 2 amide bonds. The maximum absolute atomic E-state index is 12.2. The van der Waals surface area contributed by atoms with Gasteiger partial charge in [0.15, 0.2) is 0 Å². The third-order valence-electron chi connectivity index (χ3n) is 4.00. The molecule has 1 aliphatic rings. The van der Waals surface area contributed by atoms with Gasteiger partial charge in [-0.3, -0.25) is 14.6 Å². The standard InChI is InChI=1S/C18H21N5O2/c24-17-6-2-12-23(17)13-3-9-20-18(25)15-4-1-5-16(22-15)21-14-7-10-19-11-8-14/h1,4-5,7-8,10-11H,2-3,6,9,12-13H2,(H,20,25)(H,19,21,22). The minimum Gasteiger partial charge on any atom is -0.351 e. The normalized spacial score (nSPS) is 13.8. The van der Waals surface area contributed by atoms with E-state index in [9.17, 15) is 9.59 Å². The predicted octanol–water partition coefficient (Wildman–Crippen LogP) is 1.96. The second kappa shape index (κ2) is 8.23. The molecule has 25 heavy (non-hydrogen) atoms. The molecule has 2 aromatic rings. The average molecular weight is 339 g/mol. The van der Waals surface area contributed by atoms with E-state index in [0.717, 1.165) is 25.1 Å². The highest BCUT2D eigenvalue weighted by molar-refractivity contribution is 5.92. The molecule has 130 valence electrons. The Morgan fingerprint density at radius 1 is 1.20 bits per heavy atom. The van der Waals surface area contributed by atoms with E-state index in [-0.39, 0.29) is 11.8 Å². The lowest BCUT2D eigenvalue weighted by atomic mass is 10.3.